The number of hydrogen-bond acceptors (Lipinski definition) is 3. The number of benzene rings is 2. The summed E-state index contributed by atoms with van der Waals surface area (Å²) >= 11 is 0. The Morgan fingerprint density at radius 3 is 1.91 bits per heavy atom. The van der Waals surface area contributed by atoms with Crippen LogP contribution in [0.4, 0.5) is 4.39 Å². The minimum Gasteiger partial charge on any atom is -0.488 e. The molecule has 2 N–H and O–H groups in total. The van der Waals surface area contributed by atoms with Crippen LogP contribution in [0.2, 0.25) is 0 Å². The zero-order chi connectivity index (χ0) is 17.0. The number of hydrogen-bond donors (Lipinski definition) is 2. The average Bonchev–Trinajstić information content (AvgIpc) is 2.52. The quantitative estimate of drug-likeness (QED) is 0.884. The van der Waals surface area contributed by atoms with E-state index in [1.807, 2.05) is 12.1 Å². The van der Waals surface area contributed by atoms with Crippen molar-refractivity contribution in [2.45, 2.75) is 46.0 Å². The van der Waals surface area contributed by atoms with Gasteiger partial charge in [0.15, 0.2) is 0 Å². The first-order chi connectivity index (χ1) is 10.8. The van der Waals surface area contributed by atoms with Crippen molar-refractivity contribution >= 4 is 0 Å². The normalized spacial score (nSPS) is 11.6. The topological polar surface area (TPSA) is 49.7 Å². The Balaban J connectivity index is 2.18. The van der Waals surface area contributed by atoms with Gasteiger partial charge in [-0.25, -0.2) is 4.39 Å². The van der Waals surface area contributed by atoms with Gasteiger partial charge in [0.05, 0.1) is 13.2 Å². The fourth-order valence-corrected chi connectivity index (χ4v) is 2.39. The second-order valence-electron chi connectivity index (χ2n) is 6.60. The van der Waals surface area contributed by atoms with Crippen molar-refractivity contribution in [1.82, 2.24) is 0 Å². The van der Waals surface area contributed by atoms with E-state index in [1.165, 1.54) is 17.7 Å². The smallest absolute Gasteiger partial charge is 0.131 e. The predicted molar refractivity (Wildman–Crippen MR) is 87.7 cm³/mol. The molecule has 0 saturated carbocycles. The largest absolute Gasteiger partial charge is 0.488 e. The molecule has 2 aromatic rings. The number of ether oxygens (including phenoxy) is 1. The Labute approximate surface area is 136 Å². The van der Waals surface area contributed by atoms with Gasteiger partial charge in [0.25, 0.3) is 0 Å². The molecule has 0 aliphatic heterocycles. The molecule has 0 fully saturated rings. The van der Waals surface area contributed by atoms with Gasteiger partial charge in [-0.3, -0.25) is 0 Å². The van der Waals surface area contributed by atoms with Gasteiger partial charge < -0.3 is 14.9 Å². The summed E-state index contributed by atoms with van der Waals surface area (Å²) in [5.41, 5.74) is 2.95. The van der Waals surface area contributed by atoms with E-state index < -0.39 is 5.82 Å². The van der Waals surface area contributed by atoms with Crippen molar-refractivity contribution < 1.29 is 19.3 Å². The van der Waals surface area contributed by atoms with Gasteiger partial charge in [-0.05, 0) is 28.7 Å². The minimum atomic E-state index is -0.500. The summed E-state index contributed by atoms with van der Waals surface area (Å²) in [6, 6.07) is 10.5. The molecule has 0 unspecified atom stereocenters. The van der Waals surface area contributed by atoms with Crippen LogP contribution in [0.1, 0.15) is 43.0 Å². The molecule has 124 valence electrons. The van der Waals surface area contributed by atoms with Gasteiger partial charge in [-0.1, -0.05) is 45.0 Å². The summed E-state index contributed by atoms with van der Waals surface area (Å²) in [7, 11) is 0. The van der Waals surface area contributed by atoms with Crippen LogP contribution in [-0.4, -0.2) is 10.2 Å². The molecule has 4 heteroatoms. The molecule has 0 heterocycles. The maximum atomic E-state index is 13.4. The Morgan fingerprint density at radius 2 is 1.48 bits per heavy atom. The lowest BCUT2D eigenvalue weighted by atomic mass is 9.87. The molecule has 0 radical (unpaired) electrons. The Hall–Kier alpha value is -1.91. The van der Waals surface area contributed by atoms with Gasteiger partial charge in [0.1, 0.15) is 18.2 Å². The molecule has 2 rings (SSSR count). The van der Waals surface area contributed by atoms with Crippen LogP contribution in [0.25, 0.3) is 0 Å². The summed E-state index contributed by atoms with van der Waals surface area (Å²) in [6.45, 7) is 6.05. The first-order valence-corrected chi connectivity index (χ1v) is 7.60. The van der Waals surface area contributed by atoms with Crippen LogP contribution < -0.4 is 4.74 Å². The minimum absolute atomic E-state index is 0.0878. The molecule has 0 saturated heterocycles. The van der Waals surface area contributed by atoms with Crippen molar-refractivity contribution in [2.24, 2.45) is 0 Å². The molecule has 0 bridgehead atoms. The average molecular weight is 318 g/mol. The van der Waals surface area contributed by atoms with Crippen LogP contribution in [-0.2, 0) is 25.2 Å². The Bertz CT molecular complexity index is 632. The van der Waals surface area contributed by atoms with E-state index in [4.69, 9.17) is 4.74 Å². The molecule has 23 heavy (non-hydrogen) atoms. The number of halogens is 1. The maximum absolute atomic E-state index is 13.4. The summed E-state index contributed by atoms with van der Waals surface area (Å²) in [4.78, 5) is 0. The highest BCUT2D eigenvalue weighted by molar-refractivity contribution is 5.41. The van der Waals surface area contributed by atoms with E-state index >= 15 is 0 Å². The summed E-state index contributed by atoms with van der Waals surface area (Å²) < 4.78 is 19.2. The molecule has 0 atom stereocenters. The molecule has 0 aliphatic rings. The van der Waals surface area contributed by atoms with Gasteiger partial charge >= 0.3 is 0 Å². The standard InChI is InChI=1S/C19H23FO3/c1-19(2,3)16-6-4-13(5-7-16)12-23-18-14(10-21)8-17(20)9-15(18)11-22/h4-9,21-22H,10-12H2,1-3H3. The van der Waals surface area contributed by atoms with Crippen LogP contribution in [0.5, 0.6) is 5.75 Å². The molecule has 0 aromatic heterocycles. The van der Waals surface area contributed by atoms with E-state index in [9.17, 15) is 14.6 Å². The zero-order valence-electron chi connectivity index (χ0n) is 13.8. The van der Waals surface area contributed by atoms with Crippen molar-refractivity contribution in [1.29, 1.82) is 0 Å². The lowest BCUT2D eigenvalue weighted by Crippen LogP contribution is -2.11. The van der Waals surface area contributed by atoms with E-state index in [-0.39, 0.29) is 25.2 Å². The van der Waals surface area contributed by atoms with Gasteiger partial charge in [0.2, 0.25) is 0 Å². The number of aliphatic hydroxyl groups excluding tert-OH is 2. The van der Waals surface area contributed by atoms with E-state index in [0.29, 0.717) is 16.9 Å². The van der Waals surface area contributed by atoms with Gasteiger partial charge in [0, 0.05) is 11.1 Å². The third-order valence-corrected chi connectivity index (χ3v) is 3.75. The van der Waals surface area contributed by atoms with E-state index in [1.54, 1.807) is 0 Å². The lowest BCUT2D eigenvalue weighted by Gasteiger charge is -2.19. The molecule has 2 aromatic carbocycles. The molecular formula is C19H23FO3. The molecule has 3 nitrogen and oxygen atoms in total. The fraction of sp³-hybridized carbons (Fsp3) is 0.368. The first-order valence-electron chi connectivity index (χ1n) is 7.60. The summed E-state index contributed by atoms with van der Waals surface area (Å²) in [5.74, 6) is -0.156. The highest BCUT2D eigenvalue weighted by Crippen LogP contribution is 2.27. The Morgan fingerprint density at radius 1 is 0.957 bits per heavy atom. The van der Waals surface area contributed by atoms with Crippen molar-refractivity contribution in [2.75, 3.05) is 0 Å². The van der Waals surface area contributed by atoms with Crippen LogP contribution in [0.15, 0.2) is 36.4 Å². The second kappa shape index (κ2) is 7.11. The van der Waals surface area contributed by atoms with E-state index in [2.05, 4.69) is 32.9 Å². The van der Waals surface area contributed by atoms with Crippen LogP contribution >= 0.6 is 0 Å². The van der Waals surface area contributed by atoms with Crippen LogP contribution in [0.3, 0.4) is 0 Å². The molecular weight excluding hydrogens is 295 g/mol. The highest BCUT2D eigenvalue weighted by Gasteiger charge is 2.14. The SMILES string of the molecule is CC(C)(C)c1ccc(COc2c(CO)cc(F)cc2CO)cc1. The van der Waals surface area contributed by atoms with Crippen molar-refractivity contribution in [3.63, 3.8) is 0 Å². The summed E-state index contributed by atoms with van der Waals surface area (Å²) in [6.07, 6.45) is 0. The molecule has 0 amide bonds. The second-order valence-corrected chi connectivity index (χ2v) is 6.60. The number of aliphatic hydroxyl groups is 2. The Kier molecular flexibility index (Phi) is 5.39. The molecule has 0 spiro atoms. The monoisotopic (exact) mass is 318 g/mol. The third kappa shape index (κ3) is 4.30. The third-order valence-electron chi connectivity index (χ3n) is 3.75. The first kappa shape index (κ1) is 17.4. The number of rotatable bonds is 5. The fourth-order valence-electron chi connectivity index (χ4n) is 2.39. The van der Waals surface area contributed by atoms with Gasteiger partial charge in [-0.15, -0.1) is 0 Å². The van der Waals surface area contributed by atoms with Crippen molar-refractivity contribution in [3.05, 3.63) is 64.5 Å². The zero-order valence-corrected chi connectivity index (χ0v) is 13.8. The highest BCUT2D eigenvalue weighted by atomic mass is 19.1. The van der Waals surface area contributed by atoms with Crippen molar-refractivity contribution in [3.8, 4) is 5.75 Å². The maximum Gasteiger partial charge on any atom is 0.131 e. The predicted octanol–water partition coefficient (Wildman–Crippen LogP) is 3.69. The molecule has 0 aliphatic carbocycles. The lowest BCUT2D eigenvalue weighted by molar-refractivity contribution is 0.241. The van der Waals surface area contributed by atoms with Gasteiger partial charge in [-0.2, -0.15) is 0 Å². The van der Waals surface area contributed by atoms with Crippen LogP contribution in [0, 0.1) is 5.82 Å². The summed E-state index contributed by atoms with van der Waals surface area (Å²) in [5, 5.41) is 18.7. The van der Waals surface area contributed by atoms with E-state index in [0.717, 1.165) is 5.56 Å².